The van der Waals surface area contributed by atoms with Gasteiger partial charge in [0.1, 0.15) is 0 Å². The molecular formula is C22H26N4O3S2. The van der Waals surface area contributed by atoms with E-state index in [4.69, 9.17) is 0 Å². The normalized spacial score (nSPS) is 17.6. The Labute approximate surface area is 186 Å². The molecule has 1 fully saturated rings. The minimum atomic E-state index is -3.54. The van der Waals surface area contributed by atoms with Gasteiger partial charge < -0.3 is 0 Å². The van der Waals surface area contributed by atoms with Gasteiger partial charge in [0.25, 0.3) is 5.91 Å². The summed E-state index contributed by atoms with van der Waals surface area (Å²) in [6.45, 7) is 7.19. The third kappa shape index (κ3) is 4.58. The van der Waals surface area contributed by atoms with E-state index in [1.165, 1.54) is 45.5 Å². The Morgan fingerprint density at radius 1 is 1.19 bits per heavy atom. The number of hydrazine groups is 1. The highest BCUT2D eigenvalue weighted by Gasteiger charge is 2.28. The molecule has 0 bridgehead atoms. The number of aryl methyl sites for hydroxylation is 2. The van der Waals surface area contributed by atoms with Crippen molar-refractivity contribution in [1.29, 1.82) is 0 Å². The van der Waals surface area contributed by atoms with E-state index in [0.29, 0.717) is 29.7 Å². The highest BCUT2D eigenvalue weighted by molar-refractivity contribution is 7.89. The maximum absolute atomic E-state index is 12.9. The first kappa shape index (κ1) is 21.7. The van der Waals surface area contributed by atoms with Gasteiger partial charge in [0, 0.05) is 18.7 Å². The lowest BCUT2D eigenvalue weighted by atomic mass is 10.0. The molecule has 2 heterocycles. The Morgan fingerprint density at radius 3 is 2.65 bits per heavy atom. The van der Waals surface area contributed by atoms with Crippen molar-refractivity contribution in [3.05, 3.63) is 53.1 Å². The van der Waals surface area contributed by atoms with Gasteiger partial charge in [0.05, 0.1) is 15.1 Å². The van der Waals surface area contributed by atoms with Crippen LogP contribution in [0.2, 0.25) is 0 Å². The van der Waals surface area contributed by atoms with E-state index in [2.05, 4.69) is 34.9 Å². The van der Waals surface area contributed by atoms with Gasteiger partial charge in [-0.25, -0.2) is 13.4 Å². The second kappa shape index (κ2) is 8.57. The molecule has 1 atom stereocenters. The molecule has 164 valence electrons. The van der Waals surface area contributed by atoms with Crippen molar-refractivity contribution >= 4 is 42.6 Å². The summed E-state index contributed by atoms with van der Waals surface area (Å²) >= 11 is 1.46. The molecule has 2 aromatic carbocycles. The summed E-state index contributed by atoms with van der Waals surface area (Å²) < 4.78 is 28.3. The molecule has 0 spiro atoms. The highest BCUT2D eigenvalue weighted by Crippen LogP contribution is 2.29. The monoisotopic (exact) mass is 458 g/mol. The van der Waals surface area contributed by atoms with Gasteiger partial charge in [-0.1, -0.05) is 24.3 Å². The number of aromatic nitrogens is 1. The first-order valence-corrected chi connectivity index (χ1v) is 12.5. The largest absolute Gasteiger partial charge is 0.273 e. The number of nitrogens with zero attached hydrogens (tertiary/aromatic N) is 2. The lowest BCUT2D eigenvalue weighted by Crippen LogP contribution is -2.39. The van der Waals surface area contributed by atoms with E-state index >= 15 is 0 Å². The Kier molecular flexibility index (Phi) is 6.00. The Hall–Kier alpha value is -2.49. The summed E-state index contributed by atoms with van der Waals surface area (Å²) in [5.41, 5.74) is 9.03. The maximum Gasteiger partial charge on any atom is 0.269 e. The molecule has 1 aliphatic rings. The quantitative estimate of drug-likeness (QED) is 0.562. The fourth-order valence-electron chi connectivity index (χ4n) is 3.90. The predicted octanol–water partition coefficient (Wildman–Crippen LogP) is 4.09. The topological polar surface area (TPSA) is 91.4 Å². The standard InChI is InChI=1S/C22H26N4O3S2/c1-14-5-4-10-26(13-14)31(28,29)18-8-6-17(7-9-18)21(27)24-25-22-23-20-16(3)11-15(2)12-19(20)30-22/h6-9,11-12,14H,4-5,10,13H2,1-3H3,(H,23,25)(H,24,27)/t14-/m0/s1. The molecule has 1 amide bonds. The van der Waals surface area contributed by atoms with E-state index in [0.717, 1.165) is 28.6 Å². The number of benzene rings is 2. The average molecular weight is 459 g/mol. The molecule has 0 aliphatic carbocycles. The molecule has 7 nitrogen and oxygen atoms in total. The summed E-state index contributed by atoms with van der Waals surface area (Å²) in [4.78, 5) is 17.2. The van der Waals surface area contributed by atoms with E-state index in [1.54, 1.807) is 0 Å². The number of amides is 1. The Morgan fingerprint density at radius 2 is 1.94 bits per heavy atom. The van der Waals surface area contributed by atoms with Gasteiger partial charge in [0.2, 0.25) is 15.2 Å². The Balaban J connectivity index is 1.43. The van der Waals surface area contributed by atoms with Crippen molar-refractivity contribution in [1.82, 2.24) is 14.7 Å². The summed E-state index contributed by atoms with van der Waals surface area (Å²) in [5.74, 6) is -0.00226. The summed E-state index contributed by atoms with van der Waals surface area (Å²) in [6.07, 6.45) is 1.92. The van der Waals surface area contributed by atoms with Crippen LogP contribution in [0.15, 0.2) is 41.3 Å². The van der Waals surface area contributed by atoms with Crippen molar-refractivity contribution in [3.63, 3.8) is 0 Å². The van der Waals surface area contributed by atoms with Crippen LogP contribution in [-0.4, -0.2) is 36.7 Å². The molecule has 31 heavy (non-hydrogen) atoms. The number of rotatable bonds is 5. The van der Waals surface area contributed by atoms with E-state index in [1.807, 2.05) is 13.8 Å². The number of thiazole rings is 1. The molecule has 4 rings (SSSR count). The van der Waals surface area contributed by atoms with Crippen LogP contribution in [0.25, 0.3) is 10.2 Å². The number of carbonyl (C=O) groups is 1. The van der Waals surface area contributed by atoms with Crippen LogP contribution < -0.4 is 10.9 Å². The zero-order valence-corrected chi connectivity index (χ0v) is 19.4. The van der Waals surface area contributed by atoms with E-state index < -0.39 is 10.0 Å². The second-order valence-corrected chi connectivity index (χ2v) is 11.1. The molecule has 0 unspecified atom stereocenters. The van der Waals surface area contributed by atoms with E-state index in [-0.39, 0.29) is 10.8 Å². The second-order valence-electron chi connectivity index (χ2n) is 8.16. The summed E-state index contributed by atoms with van der Waals surface area (Å²) in [6, 6.07) is 10.2. The Bertz CT molecular complexity index is 1220. The SMILES string of the molecule is Cc1cc(C)c2nc(NNC(=O)c3ccc(S(=O)(=O)N4CCC[C@H](C)C4)cc3)sc2c1. The lowest BCUT2D eigenvalue weighted by molar-refractivity contribution is 0.0962. The van der Waals surface area contributed by atoms with Gasteiger partial charge in [-0.05, 0) is 74.1 Å². The molecule has 1 saturated heterocycles. The molecule has 0 radical (unpaired) electrons. The predicted molar refractivity (Wildman–Crippen MR) is 124 cm³/mol. The first-order valence-electron chi connectivity index (χ1n) is 10.3. The number of anilines is 1. The molecule has 1 aromatic heterocycles. The molecule has 3 aromatic rings. The van der Waals surface area contributed by atoms with Crippen LogP contribution in [-0.2, 0) is 10.0 Å². The molecule has 2 N–H and O–H groups in total. The van der Waals surface area contributed by atoms with Crippen molar-refractivity contribution in [2.75, 3.05) is 18.5 Å². The molecule has 1 aliphatic heterocycles. The van der Waals surface area contributed by atoms with Crippen LogP contribution in [0, 0.1) is 19.8 Å². The fraction of sp³-hybridized carbons (Fsp3) is 0.364. The lowest BCUT2D eigenvalue weighted by Gasteiger charge is -2.30. The van der Waals surface area contributed by atoms with Crippen LogP contribution in [0.3, 0.4) is 0 Å². The number of sulfonamides is 1. The van der Waals surface area contributed by atoms with Crippen LogP contribution >= 0.6 is 11.3 Å². The van der Waals surface area contributed by atoms with E-state index in [9.17, 15) is 13.2 Å². The summed E-state index contributed by atoms with van der Waals surface area (Å²) in [7, 11) is -3.54. The van der Waals surface area contributed by atoms with Gasteiger partial charge in [-0.2, -0.15) is 4.31 Å². The molecule has 0 saturated carbocycles. The minimum Gasteiger partial charge on any atom is -0.273 e. The number of nitrogens with one attached hydrogen (secondary N) is 2. The van der Waals surface area contributed by atoms with Crippen LogP contribution in [0.5, 0.6) is 0 Å². The minimum absolute atomic E-state index is 0.211. The summed E-state index contributed by atoms with van der Waals surface area (Å²) in [5, 5.41) is 0.593. The number of hydrogen-bond acceptors (Lipinski definition) is 6. The van der Waals surface area contributed by atoms with Gasteiger partial charge in [-0.3, -0.25) is 15.6 Å². The number of hydrogen-bond donors (Lipinski definition) is 2. The van der Waals surface area contributed by atoms with Crippen molar-refractivity contribution < 1.29 is 13.2 Å². The molecular weight excluding hydrogens is 432 g/mol. The number of piperidine rings is 1. The fourth-order valence-corrected chi connectivity index (χ4v) is 6.49. The number of carbonyl (C=O) groups excluding carboxylic acids is 1. The van der Waals surface area contributed by atoms with Crippen molar-refractivity contribution in [3.8, 4) is 0 Å². The van der Waals surface area contributed by atoms with Crippen LogP contribution in [0.1, 0.15) is 41.3 Å². The smallest absolute Gasteiger partial charge is 0.269 e. The third-order valence-electron chi connectivity index (χ3n) is 5.49. The average Bonchev–Trinajstić information content (AvgIpc) is 3.15. The van der Waals surface area contributed by atoms with Gasteiger partial charge >= 0.3 is 0 Å². The molecule has 9 heteroatoms. The van der Waals surface area contributed by atoms with Crippen molar-refractivity contribution in [2.45, 2.75) is 38.5 Å². The van der Waals surface area contributed by atoms with Crippen molar-refractivity contribution in [2.24, 2.45) is 5.92 Å². The van der Waals surface area contributed by atoms with Gasteiger partial charge in [-0.15, -0.1) is 0 Å². The highest BCUT2D eigenvalue weighted by atomic mass is 32.2. The third-order valence-corrected chi connectivity index (χ3v) is 8.28. The van der Waals surface area contributed by atoms with Gasteiger partial charge in [0.15, 0.2) is 0 Å². The van der Waals surface area contributed by atoms with Crippen LogP contribution in [0.4, 0.5) is 5.13 Å². The number of fused-ring (bicyclic) bond motifs is 1. The first-order chi connectivity index (χ1) is 14.7. The zero-order chi connectivity index (χ0) is 22.2. The maximum atomic E-state index is 12.9. The zero-order valence-electron chi connectivity index (χ0n) is 17.8.